The lowest BCUT2D eigenvalue weighted by Gasteiger charge is -2.40. The average Bonchev–Trinajstić information content (AvgIpc) is 0.762. The summed E-state index contributed by atoms with van der Waals surface area (Å²) in [5.74, 6) is 2.97. The Morgan fingerprint density at radius 1 is 0.321 bits per heavy atom. The van der Waals surface area contributed by atoms with Crippen molar-refractivity contribution in [2.24, 2.45) is 11.8 Å². The van der Waals surface area contributed by atoms with Gasteiger partial charge in [0.1, 0.15) is 34.5 Å². The summed E-state index contributed by atoms with van der Waals surface area (Å²) in [6.07, 6.45) is 33.7. The molecule has 8 N–H and O–H groups in total. The molecule has 0 amide bonds. The van der Waals surface area contributed by atoms with Crippen LogP contribution < -0.4 is 0 Å². The van der Waals surface area contributed by atoms with Gasteiger partial charge in [-0.3, -0.25) is 0 Å². The number of aliphatic hydroxyl groups is 2. The molecule has 8 heteroatoms. The number of hydrogen-bond acceptors (Lipinski definition) is 8. The first kappa shape index (κ1) is 74.0. The fourth-order valence-electron chi connectivity index (χ4n) is 22.2. The van der Waals surface area contributed by atoms with Crippen LogP contribution in [0.4, 0.5) is 0 Å². The highest BCUT2D eigenvalue weighted by atomic mass is 16.3. The first-order valence-electron chi connectivity index (χ1n) is 42.0. The average molecular weight is 1430 g/mol. The van der Waals surface area contributed by atoms with Crippen LogP contribution in [0.15, 0.2) is 133 Å². The Morgan fingerprint density at radius 2 is 0.632 bits per heavy atom. The summed E-state index contributed by atoms with van der Waals surface area (Å²) in [7, 11) is 0. The van der Waals surface area contributed by atoms with Crippen LogP contribution >= 0.6 is 0 Å². The van der Waals surface area contributed by atoms with E-state index in [1.165, 1.54) is 67.2 Å². The summed E-state index contributed by atoms with van der Waals surface area (Å²) >= 11 is 0. The SMILES string of the molecule is Cc1cc(C(c2cc(C)c(O)c(C3CCCCC3)c2)c2cc(CC3CC(c4cccc(C5(c6cccc(C7CCC(O)C(Cc8ccc(O)c(C(c9cc(C)c(O)c(C%10CCCCC%10)c9)c9cc(C)c(O)c(C%10CCCCC%10)c9)c8)C7)c6)CCCCC5)c4)CCC3O)ccc2O)cc(C2CCCCC2)c1O. The second-order valence-electron chi connectivity index (χ2n) is 35.1. The van der Waals surface area contributed by atoms with Gasteiger partial charge in [0.2, 0.25) is 0 Å². The van der Waals surface area contributed by atoms with Crippen LogP contribution in [-0.4, -0.2) is 53.1 Å². The predicted molar refractivity (Wildman–Crippen MR) is 429 cm³/mol. The summed E-state index contributed by atoms with van der Waals surface area (Å²) < 4.78 is 0. The fourth-order valence-corrected chi connectivity index (χ4v) is 22.2. The minimum Gasteiger partial charge on any atom is -0.508 e. The zero-order valence-electron chi connectivity index (χ0n) is 64.0. The van der Waals surface area contributed by atoms with E-state index in [0.29, 0.717) is 35.8 Å². The number of benzene rings is 8. The molecular formula is C98H120O8. The molecule has 7 saturated carbocycles. The quantitative estimate of drug-likeness (QED) is 0.0394. The monoisotopic (exact) mass is 1420 g/mol. The Bertz CT molecular complexity index is 3980. The fraction of sp³-hybridized carbons (Fsp3) is 0.510. The molecule has 560 valence electrons. The molecule has 15 rings (SSSR count). The van der Waals surface area contributed by atoms with Crippen LogP contribution in [-0.2, 0) is 18.3 Å². The number of hydrogen-bond donors (Lipinski definition) is 8. The van der Waals surface area contributed by atoms with Gasteiger partial charge < -0.3 is 40.9 Å². The maximum absolute atomic E-state index is 12.2. The third-order valence-corrected chi connectivity index (χ3v) is 28.1. The van der Waals surface area contributed by atoms with Gasteiger partial charge in [-0.25, -0.2) is 0 Å². The van der Waals surface area contributed by atoms with Crippen LogP contribution in [0.5, 0.6) is 34.5 Å². The van der Waals surface area contributed by atoms with Crippen molar-refractivity contribution in [1.29, 1.82) is 0 Å². The van der Waals surface area contributed by atoms with Gasteiger partial charge in [0.15, 0.2) is 0 Å². The van der Waals surface area contributed by atoms with Crippen molar-refractivity contribution in [2.45, 2.75) is 305 Å². The van der Waals surface area contributed by atoms with E-state index in [0.717, 1.165) is 243 Å². The van der Waals surface area contributed by atoms with E-state index in [4.69, 9.17) is 0 Å². The van der Waals surface area contributed by atoms with Crippen LogP contribution in [0.2, 0.25) is 0 Å². The molecule has 8 aromatic carbocycles. The highest BCUT2D eigenvalue weighted by Crippen LogP contribution is 2.53. The van der Waals surface area contributed by atoms with Gasteiger partial charge in [0.25, 0.3) is 0 Å². The molecule has 7 fully saturated rings. The van der Waals surface area contributed by atoms with Gasteiger partial charge in [0, 0.05) is 28.4 Å². The minimum atomic E-state index is -0.456. The zero-order chi connectivity index (χ0) is 73.3. The molecule has 7 aliphatic carbocycles. The highest BCUT2D eigenvalue weighted by Gasteiger charge is 2.40. The Hall–Kier alpha value is -7.52. The molecule has 6 atom stereocenters. The van der Waals surface area contributed by atoms with Gasteiger partial charge in [-0.2, -0.15) is 0 Å². The van der Waals surface area contributed by atoms with Gasteiger partial charge in [-0.05, 0) is 303 Å². The normalized spacial score (nSPS) is 23.2. The summed E-state index contributed by atoms with van der Waals surface area (Å²) in [6, 6.07) is 48.9. The van der Waals surface area contributed by atoms with E-state index >= 15 is 0 Å². The Labute approximate surface area is 632 Å². The van der Waals surface area contributed by atoms with Crippen molar-refractivity contribution in [3.05, 3.63) is 245 Å². The van der Waals surface area contributed by atoms with E-state index < -0.39 is 12.2 Å². The summed E-state index contributed by atoms with van der Waals surface area (Å²) in [5.41, 5.74) is 20.8. The molecule has 106 heavy (non-hydrogen) atoms. The molecule has 0 heterocycles. The van der Waals surface area contributed by atoms with Crippen molar-refractivity contribution in [3.8, 4) is 34.5 Å². The van der Waals surface area contributed by atoms with Gasteiger partial charge in [-0.15, -0.1) is 0 Å². The first-order valence-corrected chi connectivity index (χ1v) is 42.0. The lowest BCUT2D eigenvalue weighted by Crippen LogP contribution is -2.32. The van der Waals surface area contributed by atoms with E-state index in [2.05, 4.69) is 121 Å². The number of aromatic hydroxyl groups is 6. The molecule has 0 saturated heterocycles. The standard InChI is InChI=1S/C98H120O8/c1-60-44-76(56-82(94(60)103)66-22-10-5-11-23-66)92(77-45-61(2)95(104)83(57-77)67-24-12-6-13-25-67)86-50-64(34-38-90(86)101)48-74-52-72(36-40-88(74)99)70-30-20-32-80(54-70)98(42-18-9-19-43-98)81-33-21-31-71(55-81)73-37-41-89(100)75(53-73)49-65-35-39-91(102)87(51-65)93(78-46-62(3)96(105)84(58-78)68-26-14-7-15-27-68)79-47-63(4)97(106)85(59-79)69-28-16-8-17-29-69/h20-21,30-35,38-39,44-47,50-51,54-59,66-69,72-75,88-89,92-93,99-106H,5-19,22-29,36-37,40-43,48-49,52-53H2,1-4H3. The van der Waals surface area contributed by atoms with E-state index in [1.54, 1.807) is 0 Å². The number of aryl methyl sites for hydroxylation is 4. The van der Waals surface area contributed by atoms with Gasteiger partial charge >= 0.3 is 0 Å². The van der Waals surface area contributed by atoms with Crippen molar-refractivity contribution in [3.63, 3.8) is 0 Å². The van der Waals surface area contributed by atoms with E-state index in [-0.39, 0.29) is 76.1 Å². The molecule has 0 spiro atoms. The smallest absolute Gasteiger partial charge is 0.121 e. The molecule has 8 nitrogen and oxygen atoms in total. The topological polar surface area (TPSA) is 162 Å². The summed E-state index contributed by atoms with van der Waals surface area (Å²) in [4.78, 5) is 0. The third-order valence-electron chi connectivity index (χ3n) is 28.1. The summed E-state index contributed by atoms with van der Waals surface area (Å²) in [5, 5.41) is 95.7. The van der Waals surface area contributed by atoms with Gasteiger partial charge in [0.05, 0.1) is 12.2 Å². The third kappa shape index (κ3) is 15.5. The lowest BCUT2D eigenvalue weighted by atomic mass is 9.64. The molecule has 0 radical (unpaired) electrons. The molecule has 8 aromatic rings. The Kier molecular flexibility index (Phi) is 22.6. The van der Waals surface area contributed by atoms with Crippen molar-refractivity contribution >= 4 is 0 Å². The molecule has 0 bridgehead atoms. The Balaban J connectivity index is 0.692. The predicted octanol–water partition coefficient (Wildman–Crippen LogP) is 23.9. The number of phenols is 6. The van der Waals surface area contributed by atoms with Crippen LogP contribution in [0.3, 0.4) is 0 Å². The van der Waals surface area contributed by atoms with Crippen molar-refractivity contribution in [1.82, 2.24) is 0 Å². The second kappa shape index (κ2) is 32.3. The number of aliphatic hydroxyl groups excluding tert-OH is 2. The van der Waals surface area contributed by atoms with Crippen LogP contribution in [0.25, 0.3) is 0 Å². The molecular weight excluding hydrogens is 1310 g/mol. The Morgan fingerprint density at radius 3 is 0.953 bits per heavy atom. The molecule has 7 aliphatic rings. The largest absolute Gasteiger partial charge is 0.508 e. The number of phenolic OH excluding ortho intramolecular Hbond substituents is 6. The lowest BCUT2D eigenvalue weighted by molar-refractivity contribution is 0.0618. The van der Waals surface area contributed by atoms with Crippen LogP contribution in [0.1, 0.15) is 358 Å². The van der Waals surface area contributed by atoms with Gasteiger partial charge in [-0.1, -0.05) is 218 Å². The van der Waals surface area contributed by atoms with Crippen molar-refractivity contribution in [2.75, 3.05) is 0 Å². The maximum Gasteiger partial charge on any atom is 0.121 e. The molecule has 0 aromatic heterocycles. The first-order chi connectivity index (χ1) is 51.4. The molecule has 0 aliphatic heterocycles. The minimum absolute atomic E-state index is 0.00942. The van der Waals surface area contributed by atoms with E-state index in [1.807, 2.05) is 39.8 Å². The van der Waals surface area contributed by atoms with Crippen LogP contribution in [0, 0.1) is 39.5 Å². The van der Waals surface area contributed by atoms with E-state index in [9.17, 15) is 40.9 Å². The molecule has 6 unspecified atom stereocenters. The highest BCUT2D eigenvalue weighted by molar-refractivity contribution is 5.60. The van der Waals surface area contributed by atoms with Crippen molar-refractivity contribution < 1.29 is 40.9 Å². The summed E-state index contributed by atoms with van der Waals surface area (Å²) in [6.45, 7) is 8.07. The zero-order valence-corrected chi connectivity index (χ0v) is 64.0. The maximum atomic E-state index is 12.2. The number of rotatable bonds is 18. The second-order valence-corrected chi connectivity index (χ2v) is 35.1.